The minimum Gasteiger partial charge on any atom is -0.394 e. The Morgan fingerprint density at radius 3 is 2.00 bits per heavy atom. The first kappa shape index (κ1) is 19.1. The molecule has 15 heavy (non-hydrogen) atoms. The summed E-state index contributed by atoms with van der Waals surface area (Å²) in [6.07, 6.45) is 8.27. The molecule has 1 atom stereocenters. The SMILES string of the molecule is C#C.CC.CCC(=O)N[C@@H](CO)C(N)=O. The highest BCUT2D eigenvalue weighted by Crippen LogP contribution is 1.82. The van der Waals surface area contributed by atoms with Crippen LogP contribution in [-0.2, 0) is 9.59 Å². The Morgan fingerprint density at radius 1 is 1.40 bits per heavy atom. The highest BCUT2D eigenvalue weighted by atomic mass is 16.3. The minimum atomic E-state index is -0.956. The number of aliphatic hydroxyl groups excluding tert-OH is 1. The molecule has 0 spiro atoms. The third kappa shape index (κ3) is 12.5. The Morgan fingerprint density at radius 2 is 1.80 bits per heavy atom. The molecular weight excluding hydrogens is 196 g/mol. The molecule has 0 aliphatic rings. The van der Waals surface area contributed by atoms with Gasteiger partial charge in [-0.25, -0.2) is 0 Å². The van der Waals surface area contributed by atoms with Crippen LogP contribution < -0.4 is 11.1 Å². The van der Waals surface area contributed by atoms with Crippen molar-refractivity contribution >= 4 is 11.8 Å². The summed E-state index contributed by atoms with van der Waals surface area (Å²) < 4.78 is 0. The van der Waals surface area contributed by atoms with Gasteiger partial charge in [0.1, 0.15) is 6.04 Å². The van der Waals surface area contributed by atoms with Crippen LogP contribution >= 0.6 is 0 Å². The second-order valence-electron chi connectivity index (χ2n) is 2.06. The molecular formula is C10H20N2O3. The number of carbonyl (C=O) groups is 2. The third-order valence-electron chi connectivity index (χ3n) is 1.18. The number of primary amides is 1. The van der Waals surface area contributed by atoms with Crippen molar-refractivity contribution in [3.8, 4) is 12.8 Å². The van der Waals surface area contributed by atoms with E-state index in [0.717, 1.165) is 0 Å². The molecule has 0 heterocycles. The van der Waals surface area contributed by atoms with Crippen molar-refractivity contribution < 1.29 is 14.7 Å². The average Bonchev–Trinajstić information content (AvgIpc) is 2.30. The molecule has 0 saturated heterocycles. The van der Waals surface area contributed by atoms with Gasteiger partial charge in [-0.3, -0.25) is 9.59 Å². The second kappa shape index (κ2) is 15.0. The van der Waals surface area contributed by atoms with Crippen LogP contribution in [0.1, 0.15) is 27.2 Å². The van der Waals surface area contributed by atoms with Gasteiger partial charge in [0.2, 0.25) is 11.8 Å². The highest BCUT2D eigenvalue weighted by molar-refractivity contribution is 5.86. The number of rotatable bonds is 4. The molecule has 0 aliphatic heterocycles. The number of hydrogen-bond acceptors (Lipinski definition) is 3. The zero-order chi connectivity index (χ0) is 12.9. The quantitative estimate of drug-likeness (QED) is 0.560. The topological polar surface area (TPSA) is 92.4 Å². The van der Waals surface area contributed by atoms with E-state index in [2.05, 4.69) is 18.2 Å². The second-order valence-corrected chi connectivity index (χ2v) is 2.06. The average molecular weight is 216 g/mol. The maximum absolute atomic E-state index is 10.7. The maximum Gasteiger partial charge on any atom is 0.242 e. The Hall–Kier alpha value is -1.54. The number of carbonyl (C=O) groups excluding carboxylic acids is 2. The zero-order valence-corrected chi connectivity index (χ0v) is 9.49. The van der Waals surface area contributed by atoms with Crippen LogP contribution in [0.25, 0.3) is 0 Å². The lowest BCUT2D eigenvalue weighted by molar-refractivity contribution is -0.128. The number of nitrogens with one attached hydrogen (secondary N) is 1. The Labute approximate surface area is 91.0 Å². The molecule has 0 bridgehead atoms. The lowest BCUT2D eigenvalue weighted by atomic mass is 10.3. The summed E-state index contributed by atoms with van der Waals surface area (Å²) in [5, 5.41) is 10.8. The predicted octanol–water partition coefficient (Wildman–Crippen LogP) is -0.366. The molecule has 0 aromatic carbocycles. The molecule has 0 fully saturated rings. The summed E-state index contributed by atoms with van der Waals surface area (Å²) in [5.41, 5.74) is 4.84. The molecule has 88 valence electrons. The summed E-state index contributed by atoms with van der Waals surface area (Å²) in [5.74, 6) is -1.03. The molecule has 4 N–H and O–H groups in total. The van der Waals surface area contributed by atoms with Crippen LogP contribution in [0.5, 0.6) is 0 Å². The van der Waals surface area contributed by atoms with E-state index in [-0.39, 0.29) is 12.3 Å². The largest absolute Gasteiger partial charge is 0.394 e. The van der Waals surface area contributed by atoms with E-state index in [4.69, 9.17) is 10.8 Å². The molecule has 0 aliphatic carbocycles. The van der Waals surface area contributed by atoms with Crippen LogP contribution in [0, 0.1) is 12.8 Å². The van der Waals surface area contributed by atoms with Gasteiger partial charge in [-0.2, -0.15) is 0 Å². The standard InChI is InChI=1S/C6H12N2O3.C2H6.C2H2/c1-2-5(10)8-4(3-9)6(7)11;2*1-2/h4,9H,2-3H2,1H3,(H2,7,11)(H,8,10);1-2H3;1-2H/t4-;;/m0../s1. The van der Waals surface area contributed by atoms with Crippen molar-refractivity contribution in [2.45, 2.75) is 33.2 Å². The normalized spacial score (nSPS) is 9.47. The number of hydrogen-bond donors (Lipinski definition) is 3. The minimum absolute atomic E-state index is 0.268. The molecule has 0 aromatic heterocycles. The number of nitrogens with two attached hydrogens (primary N) is 1. The number of aliphatic hydroxyl groups is 1. The van der Waals surface area contributed by atoms with Gasteiger partial charge >= 0.3 is 0 Å². The number of terminal acetylenes is 1. The Bertz CT molecular complexity index is 190. The molecule has 0 unspecified atom stereocenters. The van der Waals surface area contributed by atoms with Gasteiger partial charge in [-0.15, -0.1) is 12.8 Å². The fraction of sp³-hybridized carbons (Fsp3) is 0.600. The lowest BCUT2D eigenvalue weighted by Crippen LogP contribution is -2.46. The van der Waals surface area contributed by atoms with E-state index in [9.17, 15) is 9.59 Å². The van der Waals surface area contributed by atoms with Gasteiger partial charge in [-0.1, -0.05) is 20.8 Å². The van der Waals surface area contributed by atoms with Crippen molar-refractivity contribution in [1.82, 2.24) is 5.32 Å². The van der Waals surface area contributed by atoms with Crippen LogP contribution in [-0.4, -0.2) is 29.6 Å². The van der Waals surface area contributed by atoms with Crippen molar-refractivity contribution in [2.24, 2.45) is 5.73 Å². The molecule has 0 saturated carbocycles. The fourth-order valence-corrected chi connectivity index (χ4v) is 0.503. The Balaban J connectivity index is -0.000000318. The first-order valence-electron chi connectivity index (χ1n) is 4.64. The van der Waals surface area contributed by atoms with Gasteiger partial charge in [0.25, 0.3) is 0 Å². The summed E-state index contributed by atoms with van der Waals surface area (Å²) >= 11 is 0. The van der Waals surface area contributed by atoms with Crippen molar-refractivity contribution in [1.29, 1.82) is 0 Å². The van der Waals surface area contributed by atoms with Crippen molar-refractivity contribution in [3.63, 3.8) is 0 Å². The third-order valence-corrected chi connectivity index (χ3v) is 1.18. The smallest absolute Gasteiger partial charge is 0.242 e. The van der Waals surface area contributed by atoms with Gasteiger partial charge in [0, 0.05) is 6.42 Å². The van der Waals surface area contributed by atoms with Gasteiger partial charge in [0.15, 0.2) is 0 Å². The van der Waals surface area contributed by atoms with Crippen LogP contribution in [0.4, 0.5) is 0 Å². The summed E-state index contributed by atoms with van der Waals surface area (Å²) in [7, 11) is 0. The molecule has 5 heteroatoms. The van der Waals surface area contributed by atoms with E-state index in [0.29, 0.717) is 0 Å². The summed E-state index contributed by atoms with van der Waals surface area (Å²) in [4.78, 5) is 21.1. The summed E-state index contributed by atoms with van der Waals surface area (Å²) in [6, 6.07) is -0.956. The zero-order valence-electron chi connectivity index (χ0n) is 9.49. The molecule has 0 radical (unpaired) electrons. The predicted molar refractivity (Wildman–Crippen MR) is 59.7 cm³/mol. The molecule has 2 amide bonds. The van der Waals surface area contributed by atoms with E-state index in [1.165, 1.54) is 0 Å². The first-order valence-corrected chi connectivity index (χ1v) is 4.64. The molecule has 0 rings (SSSR count). The maximum atomic E-state index is 10.7. The highest BCUT2D eigenvalue weighted by Gasteiger charge is 2.14. The Kier molecular flexibility index (Phi) is 19.0. The van der Waals surface area contributed by atoms with Crippen LogP contribution in [0.3, 0.4) is 0 Å². The van der Waals surface area contributed by atoms with Crippen molar-refractivity contribution in [3.05, 3.63) is 0 Å². The lowest BCUT2D eigenvalue weighted by Gasteiger charge is -2.10. The van der Waals surface area contributed by atoms with E-state index < -0.39 is 18.6 Å². The van der Waals surface area contributed by atoms with Gasteiger partial charge in [-0.05, 0) is 0 Å². The fourth-order valence-electron chi connectivity index (χ4n) is 0.503. The van der Waals surface area contributed by atoms with Gasteiger partial charge < -0.3 is 16.2 Å². The van der Waals surface area contributed by atoms with E-state index >= 15 is 0 Å². The van der Waals surface area contributed by atoms with Crippen LogP contribution in [0.2, 0.25) is 0 Å². The number of amides is 2. The molecule has 5 nitrogen and oxygen atoms in total. The first-order chi connectivity index (χ1) is 7.11. The monoisotopic (exact) mass is 216 g/mol. The van der Waals surface area contributed by atoms with Crippen LogP contribution in [0.15, 0.2) is 0 Å². The van der Waals surface area contributed by atoms with Crippen molar-refractivity contribution in [2.75, 3.05) is 6.61 Å². The van der Waals surface area contributed by atoms with E-state index in [1.807, 2.05) is 13.8 Å². The summed E-state index contributed by atoms with van der Waals surface area (Å²) in [6.45, 7) is 5.19. The van der Waals surface area contributed by atoms with E-state index in [1.54, 1.807) is 6.92 Å². The molecule has 0 aromatic rings. The van der Waals surface area contributed by atoms with Gasteiger partial charge in [0.05, 0.1) is 6.61 Å².